The number of amides is 1. The first-order valence-electron chi connectivity index (χ1n) is 6.40. The summed E-state index contributed by atoms with van der Waals surface area (Å²) >= 11 is 0. The summed E-state index contributed by atoms with van der Waals surface area (Å²) in [6.07, 6.45) is 0.825. The number of anilines is 1. The fourth-order valence-corrected chi connectivity index (χ4v) is 1.98. The number of nitro benzene ring substituents is 1. The number of carbonyl (C=O) groups is 1. The van der Waals surface area contributed by atoms with Crippen molar-refractivity contribution in [1.29, 1.82) is 0 Å². The van der Waals surface area contributed by atoms with Gasteiger partial charge in [-0.25, -0.2) is 0 Å². The number of carbonyl (C=O) groups excluding carboxylic acids is 1. The molecular formula is C13H20N4O3. The van der Waals surface area contributed by atoms with Gasteiger partial charge in [-0.1, -0.05) is 13.8 Å². The van der Waals surface area contributed by atoms with Gasteiger partial charge in [0.15, 0.2) is 0 Å². The average Bonchev–Trinajstić information content (AvgIpc) is 2.37. The standard InChI is InChI=1S/C13H20N4O3/c1-8(2)5-9(7-14)16-12-4-3-10(17(19)20)6-11(12)13(15)18/h3-4,6,8-9,16H,5,7,14H2,1-2H3,(H2,15,18). The number of benzene rings is 1. The van der Waals surface area contributed by atoms with Crippen molar-refractivity contribution >= 4 is 17.3 Å². The minimum absolute atomic E-state index is 0.0189. The molecule has 1 amide bonds. The molecule has 0 aliphatic rings. The van der Waals surface area contributed by atoms with E-state index in [9.17, 15) is 14.9 Å². The highest BCUT2D eigenvalue weighted by molar-refractivity contribution is 5.99. The summed E-state index contributed by atoms with van der Waals surface area (Å²) < 4.78 is 0. The van der Waals surface area contributed by atoms with Crippen LogP contribution in [0.1, 0.15) is 30.6 Å². The van der Waals surface area contributed by atoms with Crippen LogP contribution in [0.5, 0.6) is 0 Å². The molecule has 5 N–H and O–H groups in total. The monoisotopic (exact) mass is 280 g/mol. The minimum atomic E-state index is -0.712. The lowest BCUT2D eigenvalue weighted by Crippen LogP contribution is -2.31. The first kappa shape index (κ1) is 15.9. The fourth-order valence-electron chi connectivity index (χ4n) is 1.98. The maximum absolute atomic E-state index is 11.4. The highest BCUT2D eigenvalue weighted by atomic mass is 16.6. The normalized spacial score (nSPS) is 12.2. The lowest BCUT2D eigenvalue weighted by atomic mass is 10.0. The Bertz CT molecular complexity index is 502. The van der Waals surface area contributed by atoms with Crippen molar-refractivity contribution in [3.05, 3.63) is 33.9 Å². The van der Waals surface area contributed by atoms with Crippen LogP contribution < -0.4 is 16.8 Å². The predicted octanol–water partition coefficient (Wildman–Crippen LogP) is 1.48. The molecule has 0 saturated heterocycles. The van der Waals surface area contributed by atoms with Crippen LogP contribution >= 0.6 is 0 Å². The molecule has 20 heavy (non-hydrogen) atoms. The van der Waals surface area contributed by atoms with Gasteiger partial charge < -0.3 is 16.8 Å². The van der Waals surface area contributed by atoms with Crippen molar-refractivity contribution < 1.29 is 9.72 Å². The summed E-state index contributed by atoms with van der Waals surface area (Å²) in [5, 5.41) is 13.9. The smallest absolute Gasteiger partial charge is 0.270 e. The zero-order valence-electron chi connectivity index (χ0n) is 11.6. The van der Waals surface area contributed by atoms with Crippen LogP contribution in [0.2, 0.25) is 0 Å². The summed E-state index contributed by atoms with van der Waals surface area (Å²) in [4.78, 5) is 21.6. The van der Waals surface area contributed by atoms with E-state index in [0.29, 0.717) is 18.2 Å². The van der Waals surface area contributed by atoms with Gasteiger partial charge in [0.25, 0.3) is 11.6 Å². The van der Waals surface area contributed by atoms with Gasteiger partial charge in [0, 0.05) is 30.4 Å². The second-order valence-electron chi connectivity index (χ2n) is 5.06. The molecular weight excluding hydrogens is 260 g/mol. The molecule has 0 aliphatic heterocycles. The molecule has 1 aromatic carbocycles. The van der Waals surface area contributed by atoms with Crippen LogP contribution in [-0.4, -0.2) is 23.4 Å². The zero-order valence-corrected chi connectivity index (χ0v) is 11.6. The lowest BCUT2D eigenvalue weighted by Gasteiger charge is -2.21. The Morgan fingerprint density at radius 3 is 2.55 bits per heavy atom. The Morgan fingerprint density at radius 1 is 1.45 bits per heavy atom. The van der Waals surface area contributed by atoms with Crippen LogP contribution in [0.15, 0.2) is 18.2 Å². The van der Waals surface area contributed by atoms with Gasteiger partial charge >= 0.3 is 0 Å². The number of rotatable bonds is 7. The largest absolute Gasteiger partial charge is 0.380 e. The maximum Gasteiger partial charge on any atom is 0.270 e. The molecule has 0 saturated carbocycles. The van der Waals surface area contributed by atoms with E-state index in [2.05, 4.69) is 19.2 Å². The molecule has 0 heterocycles. The average molecular weight is 280 g/mol. The van der Waals surface area contributed by atoms with Gasteiger partial charge in [-0.3, -0.25) is 14.9 Å². The van der Waals surface area contributed by atoms with E-state index in [1.54, 1.807) is 0 Å². The van der Waals surface area contributed by atoms with E-state index < -0.39 is 10.8 Å². The molecule has 0 aromatic heterocycles. The van der Waals surface area contributed by atoms with Gasteiger partial charge in [-0.05, 0) is 18.4 Å². The van der Waals surface area contributed by atoms with E-state index in [0.717, 1.165) is 6.42 Å². The Balaban J connectivity index is 3.04. The second-order valence-corrected chi connectivity index (χ2v) is 5.06. The third kappa shape index (κ3) is 4.20. The second kappa shape index (κ2) is 6.85. The van der Waals surface area contributed by atoms with Crippen molar-refractivity contribution in [2.45, 2.75) is 26.3 Å². The van der Waals surface area contributed by atoms with Crippen molar-refractivity contribution in [3.8, 4) is 0 Å². The molecule has 0 aliphatic carbocycles. The Morgan fingerprint density at radius 2 is 2.10 bits per heavy atom. The van der Waals surface area contributed by atoms with Crippen LogP contribution in [0.25, 0.3) is 0 Å². The van der Waals surface area contributed by atoms with Crippen molar-refractivity contribution in [2.75, 3.05) is 11.9 Å². The predicted molar refractivity (Wildman–Crippen MR) is 77.5 cm³/mol. The Labute approximate surface area is 117 Å². The number of nitrogens with two attached hydrogens (primary N) is 2. The quantitative estimate of drug-likeness (QED) is 0.515. The molecule has 1 atom stereocenters. The number of hydrogen-bond donors (Lipinski definition) is 3. The number of nitrogens with zero attached hydrogens (tertiary/aromatic N) is 1. The third-order valence-corrected chi connectivity index (χ3v) is 2.88. The maximum atomic E-state index is 11.4. The highest BCUT2D eigenvalue weighted by Crippen LogP contribution is 2.23. The molecule has 0 radical (unpaired) electrons. The Hall–Kier alpha value is -2.15. The summed E-state index contributed by atoms with van der Waals surface area (Å²) in [6.45, 7) is 4.53. The number of nitrogens with one attached hydrogen (secondary N) is 1. The lowest BCUT2D eigenvalue weighted by molar-refractivity contribution is -0.384. The number of non-ortho nitro benzene ring substituents is 1. The molecule has 0 bridgehead atoms. The molecule has 7 nitrogen and oxygen atoms in total. The van der Waals surface area contributed by atoms with E-state index in [-0.39, 0.29) is 17.3 Å². The summed E-state index contributed by atoms with van der Waals surface area (Å²) in [6, 6.07) is 3.97. The van der Waals surface area contributed by atoms with Gasteiger partial charge in [-0.15, -0.1) is 0 Å². The third-order valence-electron chi connectivity index (χ3n) is 2.88. The van der Waals surface area contributed by atoms with E-state index in [1.165, 1.54) is 18.2 Å². The molecule has 0 fully saturated rings. The van der Waals surface area contributed by atoms with E-state index in [4.69, 9.17) is 11.5 Å². The molecule has 1 rings (SSSR count). The number of primary amides is 1. The summed E-state index contributed by atoms with van der Waals surface area (Å²) in [7, 11) is 0. The van der Waals surface area contributed by atoms with Crippen LogP contribution in [0.3, 0.4) is 0 Å². The first-order chi connectivity index (χ1) is 9.35. The molecule has 1 unspecified atom stereocenters. The SMILES string of the molecule is CC(C)CC(CN)Nc1ccc([N+](=O)[O-])cc1C(N)=O. The van der Waals surface area contributed by atoms with Gasteiger partial charge in [0.1, 0.15) is 0 Å². The number of nitro groups is 1. The summed E-state index contributed by atoms with van der Waals surface area (Å²) in [5.74, 6) is -0.275. The zero-order chi connectivity index (χ0) is 15.3. The van der Waals surface area contributed by atoms with Gasteiger partial charge in [0.05, 0.1) is 10.5 Å². The van der Waals surface area contributed by atoms with Crippen molar-refractivity contribution in [1.82, 2.24) is 0 Å². The van der Waals surface area contributed by atoms with E-state index >= 15 is 0 Å². The van der Waals surface area contributed by atoms with Crippen LogP contribution in [-0.2, 0) is 0 Å². The Kier molecular flexibility index (Phi) is 5.45. The molecule has 7 heteroatoms. The topological polar surface area (TPSA) is 124 Å². The highest BCUT2D eigenvalue weighted by Gasteiger charge is 2.17. The van der Waals surface area contributed by atoms with Crippen molar-refractivity contribution in [2.24, 2.45) is 17.4 Å². The van der Waals surface area contributed by atoms with Gasteiger partial charge in [-0.2, -0.15) is 0 Å². The first-order valence-corrected chi connectivity index (χ1v) is 6.40. The number of hydrogen-bond acceptors (Lipinski definition) is 5. The van der Waals surface area contributed by atoms with Crippen LogP contribution in [0, 0.1) is 16.0 Å². The molecule has 1 aromatic rings. The summed E-state index contributed by atoms with van der Waals surface area (Å²) in [5.41, 5.74) is 11.4. The molecule has 110 valence electrons. The van der Waals surface area contributed by atoms with Crippen molar-refractivity contribution in [3.63, 3.8) is 0 Å². The van der Waals surface area contributed by atoms with Gasteiger partial charge in [0.2, 0.25) is 0 Å². The minimum Gasteiger partial charge on any atom is -0.380 e. The fraction of sp³-hybridized carbons (Fsp3) is 0.462. The molecule has 0 spiro atoms. The van der Waals surface area contributed by atoms with E-state index in [1.807, 2.05) is 0 Å². The van der Waals surface area contributed by atoms with Crippen LogP contribution in [0.4, 0.5) is 11.4 Å².